The molecular weight excluding hydrogens is 395 g/mol. The summed E-state index contributed by atoms with van der Waals surface area (Å²) in [6.07, 6.45) is 0.596. The van der Waals surface area contributed by atoms with Crippen LogP contribution in [0.15, 0.2) is 53.3 Å². The molecular formula is C24H25FN4O2. The third-order valence-electron chi connectivity index (χ3n) is 5.61. The van der Waals surface area contributed by atoms with Gasteiger partial charge < -0.3 is 5.32 Å². The van der Waals surface area contributed by atoms with Gasteiger partial charge in [0.05, 0.1) is 5.69 Å². The maximum atomic E-state index is 13.5. The molecule has 1 aliphatic rings. The number of amides is 1. The molecule has 1 N–H and O–H groups in total. The number of nitrogens with zero attached hydrogens (tertiary/aromatic N) is 3. The molecule has 1 aliphatic heterocycles. The maximum Gasteiger partial charge on any atom is 0.257 e. The molecule has 0 radical (unpaired) electrons. The molecule has 0 saturated heterocycles. The van der Waals surface area contributed by atoms with Gasteiger partial charge in [0.2, 0.25) is 5.91 Å². The van der Waals surface area contributed by atoms with E-state index >= 15 is 0 Å². The van der Waals surface area contributed by atoms with E-state index in [9.17, 15) is 14.0 Å². The molecule has 2 heterocycles. The maximum absolute atomic E-state index is 13.5. The highest BCUT2D eigenvalue weighted by atomic mass is 19.1. The fourth-order valence-corrected chi connectivity index (χ4v) is 3.92. The first-order valence-corrected chi connectivity index (χ1v) is 10.3. The number of anilines is 1. The van der Waals surface area contributed by atoms with Gasteiger partial charge in [-0.2, -0.15) is 0 Å². The second-order valence-electron chi connectivity index (χ2n) is 7.93. The lowest BCUT2D eigenvalue weighted by Gasteiger charge is -2.28. The lowest BCUT2D eigenvalue weighted by Crippen LogP contribution is -2.39. The molecule has 0 fully saturated rings. The number of benzene rings is 2. The number of aromatic nitrogens is 2. The number of carbonyl (C=O) groups excluding carboxylic acids is 1. The SMILES string of the molecule is Cc1ccc(F)cc1NC(=O)Cn1c(C)nc2c(c1=O)CCN(Cc1ccccc1)C2. The molecule has 6 nitrogen and oxygen atoms in total. The van der Waals surface area contributed by atoms with E-state index in [1.807, 2.05) is 18.2 Å². The highest BCUT2D eigenvalue weighted by molar-refractivity contribution is 5.91. The van der Waals surface area contributed by atoms with Gasteiger partial charge in [0.15, 0.2) is 0 Å². The van der Waals surface area contributed by atoms with E-state index in [-0.39, 0.29) is 18.0 Å². The number of hydrogen-bond donors (Lipinski definition) is 1. The average molecular weight is 420 g/mol. The molecule has 0 atom stereocenters. The molecule has 31 heavy (non-hydrogen) atoms. The zero-order valence-corrected chi connectivity index (χ0v) is 17.7. The Labute approximate surface area is 180 Å². The minimum atomic E-state index is -0.426. The monoisotopic (exact) mass is 420 g/mol. The second kappa shape index (κ2) is 8.81. The van der Waals surface area contributed by atoms with Gasteiger partial charge in [0, 0.05) is 30.9 Å². The van der Waals surface area contributed by atoms with Crippen LogP contribution in [0.4, 0.5) is 10.1 Å². The summed E-state index contributed by atoms with van der Waals surface area (Å²) in [4.78, 5) is 32.5. The molecule has 4 rings (SSSR count). The van der Waals surface area contributed by atoms with Crippen LogP contribution in [0.25, 0.3) is 0 Å². The number of hydrogen-bond acceptors (Lipinski definition) is 4. The molecule has 3 aromatic rings. The van der Waals surface area contributed by atoms with Crippen LogP contribution in [0.3, 0.4) is 0 Å². The van der Waals surface area contributed by atoms with Crippen molar-refractivity contribution < 1.29 is 9.18 Å². The zero-order chi connectivity index (χ0) is 22.0. The van der Waals surface area contributed by atoms with Crippen molar-refractivity contribution in [1.82, 2.24) is 14.5 Å². The van der Waals surface area contributed by atoms with Gasteiger partial charge >= 0.3 is 0 Å². The molecule has 160 valence electrons. The summed E-state index contributed by atoms with van der Waals surface area (Å²) in [6, 6.07) is 14.4. The van der Waals surface area contributed by atoms with Crippen LogP contribution in [0.5, 0.6) is 0 Å². The fraction of sp³-hybridized carbons (Fsp3) is 0.292. The largest absolute Gasteiger partial charge is 0.324 e. The first kappa shape index (κ1) is 20.9. The highest BCUT2D eigenvalue weighted by Gasteiger charge is 2.23. The lowest BCUT2D eigenvalue weighted by atomic mass is 10.1. The Morgan fingerprint density at radius 2 is 1.94 bits per heavy atom. The normalized spacial score (nSPS) is 13.6. The quantitative estimate of drug-likeness (QED) is 0.688. The van der Waals surface area contributed by atoms with Crippen molar-refractivity contribution in [2.45, 2.75) is 39.9 Å². The van der Waals surface area contributed by atoms with E-state index in [2.05, 4.69) is 27.3 Å². The van der Waals surface area contributed by atoms with E-state index in [1.165, 1.54) is 22.3 Å². The number of nitrogens with one attached hydrogen (secondary N) is 1. The Balaban J connectivity index is 1.50. The van der Waals surface area contributed by atoms with Crippen LogP contribution in [-0.2, 0) is 30.8 Å². The molecule has 0 saturated carbocycles. The molecule has 0 bridgehead atoms. The number of halogens is 1. The van der Waals surface area contributed by atoms with Gasteiger partial charge in [-0.3, -0.25) is 19.1 Å². The van der Waals surface area contributed by atoms with Crippen molar-refractivity contribution in [3.05, 3.63) is 92.9 Å². The van der Waals surface area contributed by atoms with Crippen LogP contribution < -0.4 is 10.9 Å². The summed E-state index contributed by atoms with van der Waals surface area (Å²) in [5.41, 5.74) is 3.65. The van der Waals surface area contributed by atoms with Gasteiger partial charge in [-0.25, -0.2) is 9.37 Å². The van der Waals surface area contributed by atoms with E-state index < -0.39 is 5.82 Å². The second-order valence-corrected chi connectivity index (χ2v) is 7.93. The van der Waals surface area contributed by atoms with Crippen LogP contribution in [-0.4, -0.2) is 26.9 Å². The molecule has 2 aromatic carbocycles. The fourth-order valence-electron chi connectivity index (χ4n) is 3.92. The van der Waals surface area contributed by atoms with Crippen molar-refractivity contribution in [3.8, 4) is 0 Å². The molecule has 0 spiro atoms. The first-order valence-electron chi connectivity index (χ1n) is 10.3. The Bertz CT molecular complexity index is 1170. The minimum absolute atomic E-state index is 0.158. The van der Waals surface area contributed by atoms with Crippen molar-refractivity contribution in [2.24, 2.45) is 0 Å². The van der Waals surface area contributed by atoms with E-state index in [0.29, 0.717) is 30.0 Å². The predicted molar refractivity (Wildman–Crippen MR) is 117 cm³/mol. The van der Waals surface area contributed by atoms with Crippen molar-refractivity contribution in [3.63, 3.8) is 0 Å². The summed E-state index contributed by atoms with van der Waals surface area (Å²) >= 11 is 0. The Kier molecular flexibility index (Phi) is 5.95. The average Bonchev–Trinajstić information content (AvgIpc) is 2.74. The summed E-state index contributed by atoms with van der Waals surface area (Å²) < 4.78 is 14.9. The zero-order valence-electron chi connectivity index (χ0n) is 17.7. The highest BCUT2D eigenvalue weighted by Crippen LogP contribution is 2.18. The first-order chi connectivity index (χ1) is 14.9. The standard InChI is InChI=1S/C24H25FN4O2/c1-16-8-9-19(25)12-21(16)27-23(30)15-29-17(2)26-22-14-28(11-10-20(22)24(29)31)13-18-6-4-3-5-7-18/h3-9,12H,10-11,13-15H2,1-2H3,(H,27,30). The molecule has 1 aromatic heterocycles. The van der Waals surface area contributed by atoms with Crippen LogP contribution >= 0.6 is 0 Å². The third kappa shape index (κ3) is 4.72. The topological polar surface area (TPSA) is 67.2 Å². The summed E-state index contributed by atoms with van der Waals surface area (Å²) in [7, 11) is 0. The Hall–Kier alpha value is -3.32. The molecule has 0 aliphatic carbocycles. The van der Waals surface area contributed by atoms with Gasteiger partial charge in [0.1, 0.15) is 18.2 Å². The minimum Gasteiger partial charge on any atom is -0.324 e. The van der Waals surface area contributed by atoms with Gasteiger partial charge in [0.25, 0.3) is 5.56 Å². The molecule has 1 amide bonds. The molecule has 7 heteroatoms. The smallest absolute Gasteiger partial charge is 0.257 e. The lowest BCUT2D eigenvalue weighted by molar-refractivity contribution is -0.116. The van der Waals surface area contributed by atoms with Crippen LogP contribution in [0, 0.1) is 19.7 Å². The number of fused-ring (bicyclic) bond motifs is 1. The van der Waals surface area contributed by atoms with Crippen molar-refractivity contribution >= 4 is 11.6 Å². The number of carbonyl (C=O) groups is 1. The number of rotatable bonds is 5. The predicted octanol–water partition coefficient (Wildman–Crippen LogP) is 3.20. The van der Waals surface area contributed by atoms with E-state index in [0.717, 1.165) is 24.3 Å². The summed E-state index contributed by atoms with van der Waals surface area (Å²) in [5, 5.41) is 2.69. The Morgan fingerprint density at radius 3 is 2.71 bits per heavy atom. The van der Waals surface area contributed by atoms with Crippen LogP contribution in [0.2, 0.25) is 0 Å². The third-order valence-corrected chi connectivity index (χ3v) is 5.61. The van der Waals surface area contributed by atoms with Gasteiger partial charge in [-0.15, -0.1) is 0 Å². The van der Waals surface area contributed by atoms with Gasteiger partial charge in [-0.05, 0) is 43.5 Å². The van der Waals surface area contributed by atoms with E-state index in [1.54, 1.807) is 19.9 Å². The van der Waals surface area contributed by atoms with Crippen molar-refractivity contribution in [1.29, 1.82) is 0 Å². The van der Waals surface area contributed by atoms with E-state index in [4.69, 9.17) is 0 Å². The summed E-state index contributed by atoms with van der Waals surface area (Å²) in [6.45, 7) is 5.53. The Morgan fingerprint density at radius 1 is 1.16 bits per heavy atom. The molecule has 0 unspecified atom stereocenters. The van der Waals surface area contributed by atoms with Gasteiger partial charge in [-0.1, -0.05) is 36.4 Å². The van der Waals surface area contributed by atoms with Crippen molar-refractivity contribution in [2.75, 3.05) is 11.9 Å². The summed E-state index contributed by atoms with van der Waals surface area (Å²) in [5.74, 6) is -0.316. The number of aryl methyl sites for hydroxylation is 2. The van der Waals surface area contributed by atoms with Crippen LogP contribution in [0.1, 0.15) is 28.2 Å².